The second-order valence-electron chi connectivity index (χ2n) is 6.45. The molecule has 142 valence electrons. The Morgan fingerprint density at radius 1 is 1.07 bits per heavy atom. The lowest BCUT2D eigenvalue weighted by molar-refractivity contribution is -0.118. The number of rotatable bonds is 9. The van der Waals surface area contributed by atoms with E-state index in [-0.39, 0.29) is 17.2 Å². The summed E-state index contributed by atoms with van der Waals surface area (Å²) in [5, 5.41) is 12.1. The summed E-state index contributed by atoms with van der Waals surface area (Å²) in [6, 6.07) is 14.2. The van der Waals surface area contributed by atoms with Gasteiger partial charge >= 0.3 is 0 Å². The molecule has 0 spiro atoms. The third kappa shape index (κ3) is 6.37. The number of aromatic hydroxyl groups is 1. The molecule has 0 aliphatic heterocycles. The second-order valence-corrected chi connectivity index (χ2v) is 6.45. The normalized spacial score (nSPS) is 11.3. The van der Waals surface area contributed by atoms with Gasteiger partial charge in [-0.05, 0) is 49.1 Å². The molecule has 0 radical (unpaired) electrons. The topological polar surface area (TPSA) is 78.8 Å². The van der Waals surface area contributed by atoms with E-state index in [1.54, 1.807) is 30.3 Å². The first kappa shape index (κ1) is 20.4. The first-order valence-corrected chi connectivity index (χ1v) is 9.25. The van der Waals surface area contributed by atoms with Crippen LogP contribution in [0.3, 0.4) is 0 Å². The first-order valence-electron chi connectivity index (χ1n) is 9.25. The van der Waals surface area contributed by atoms with Crippen LogP contribution in [0.15, 0.2) is 53.5 Å². The molecule has 5 heteroatoms. The fourth-order valence-corrected chi connectivity index (χ4v) is 2.57. The molecule has 0 aliphatic rings. The highest BCUT2D eigenvalue weighted by atomic mass is 16.3. The Morgan fingerprint density at radius 2 is 1.78 bits per heavy atom. The molecular formula is C22H26N2O3. The summed E-state index contributed by atoms with van der Waals surface area (Å²) >= 11 is 0. The Kier molecular flexibility index (Phi) is 7.74. The van der Waals surface area contributed by atoms with Crippen molar-refractivity contribution in [3.63, 3.8) is 0 Å². The highest BCUT2D eigenvalue weighted by molar-refractivity contribution is 6.65. The Bertz CT molecular complexity index is 811. The number of amides is 1. The first-order chi connectivity index (χ1) is 13.0. The smallest absolute Gasteiger partial charge is 0.273 e. The lowest BCUT2D eigenvalue weighted by Crippen LogP contribution is -2.37. The van der Waals surface area contributed by atoms with Crippen LogP contribution in [-0.2, 0) is 16.0 Å². The number of nitrogens with zero attached hydrogens (tertiary/aromatic N) is 1. The number of hydrogen-bond acceptors (Lipinski definition) is 4. The molecule has 5 nitrogen and oxygen atoms in total. The number of hydrogen-bond donors (Lipinski definition) is 2. The molecule has 0 fully saturated rings. The minimum Gasteiger partial charge on any atom is -0.508 e. The van der Waals surface area contributed by atoms with E-state index in [0.29, 0.717) is 25.1 Å². The molecule has 0 heterocycles. The van der Waals surface area contributed by atoms with Crippen LogP contribution in [0.2, 0.25) is 0 Å². The number of aryl methyl sites for hydroxylation is 1. The number of phenolic OH excluding ortho intramolecular Hbond substituents is 1. The van der Waals surface area contributed by atoms with Crippen LogP contribution in [-0.4, -0.2) is 29.1 Å². The van der Waals surface area contributed by atoms with Gasteiger partial charge in [-0.3, -0.25) is 9.59 Å². The maximum absolute atomic E-state index is 12.6. The van der Waals surface area contributed by atoms with E-state index in [2.05, 4.69) is 10.3 Å². The van der Waals surface area contributed by atoms with E-state index >= 15 is 0 Å². The number of carbonyl (C=O) groups is 2. The minimum atomic E-state index is -0.446. The lowest BCUT2D eigenvalue weighted by Gasteiger charge is -2.09. The van der Waals surface area contributed by atoms with Crippen molar-refractivity contribution in [3.8, 4) is 5.75 Å². The minimum absolute atomic E-state index is 0.0385. The predicted octanol–water partition coefficient (Wildman–Crippen LogP) is 3.89. The highest BCUT2D eigenvalue weighted by Gasteiger charge is 2.20. The molecule has 2 N–H and O–H groups in total. The van der Waals surface area contributed by atoms with Crippen LogP contribution in [0.5, 0.6) is 5.75 Å². The molecule has 2 rings (SSSR count). The summed E-state index contributed by atoms with van der Waals surface area (Å²) in [7, 11) is 0. The van der Waals surface area contributed by atoms with Crippen molar-refractivity contribution in [1.82, 2.24) is 5.32 Å². The quantitative estimate of drug-likeness (QED) is 0.522. The van der Waals surface area contributed by atoms with E-state index in [1.807, 2.05) is 32.0 Å². The van der Waals surface area contributed by atoms with E-state index < -0.39 is 5.91 Å². The van der Waals surface area contributed by atoms with E-state index in [0.717, 1.165) is 24.0 Å². The number of phenols is 1. The third-order valence-corrected chi connectivity index (χ3v) is 4.22. The van der Waals surface area contributed by atoms with Gasteiger partial charge in [-0.15, -0.1) is 0 Å². The molecule has 2 aromatic carbocycles. The molecule has 0 bridgehead atoms. The number of unbranched alkanes of at least 4 members (excludes halogenated alkanes) is 1. The predicted molar refractivity (Wildman–Crippen MR) is 108 cm³/mol. The van der Waals surface area contributed by atoms with Gasteiger partial charge in [-0.2, -0.15) is 0 Å². The fourth-order valence-electron chi connectivity index (χ4n) is 2.57. The molecule has 0 saturated heterocycles. The zero-order valence-corrected chi connectivity index (χ0v) is 15.9. The van der Waals surface area contributed by atoms with Crippen LogP contribution in [0.4, 0.5) is 5.69 Å². The second kappa shape index (κ2) is 10.3. The van der Waals surface area contributed by atoms with E-state index in [4.69, 9.17) is 0 Å². The van der Waals surface area contributed by atoms with Crippen LogP contribution in [0.25, 0.3) is 0 Å². The average Bonchev–Trinajstić information content (AvgIpc) is 2.67. The standard InChI is InChI=1S/C22H26N2O3/c1-3-4-9-20(26)21(24-19-8-6-5-7-16(19)2)22(27)23-15-14-17-10-12-18(25)13-11-17/h5-8,10-13,25H,3-4,9,14-15H2,1-2H3,(H,23,27). The number of carbonyl (C=O) groups excluding carboxylic acids is 2. The van der Waals surface area contributed by atoms with E-state index in [1.165, 1.54) is 0 Å². The number of ketones is 1. The number of nitrogens with one attached hydrogen (secondary N) is 1. The summed E-state index contributed by atoms with van der Waals surface area (Å²) in [5.74, 6) is -0.475. The zero-order valence-electron chi connectivity index (χ0n) is 15.9. The molecular weight excluding hydrogens is 340 g/mol. The monoisotopic (exact) mass is 366 g/mol. The fraction of sp³-hybridized carbons (Fsp3) is 0.318. The largest absolute Gasteiger partial charge is 0.508 e. The van der Waals surface area contributed by atoms with Gasteiger partial charge in [0.15, 0.2) is 11.5 Å². The molecule has 2 aromatic rings. The Balaban J connectivity index is 2.09. The van der Waals surface area contributed by atoms with Gasteiger partial charge in [0.25, 0.3) is 5.91 Å². The van der Waals surface area contributed by atoms with Crippen molar-refractivity contribution in [3.05, 3.63) is 59.7 Å². The van der Waals surface area contributed by atoms with Gasteiger partial charge in [0, 0.05) is 13.0 Å². The molecule has 1 amide bonds. The summed E-state index contributed by atoms with van der Waals surface area (Å²) in [5.41, 5.74) is 2.49. The summed E-state index contributed by atoms with van der Waals surface area (Å²) in [4.78, 5) is 29.5. The van der Waals surface area contributed by atoms with Crippen LogP contribution in [0, 0.1) is 6.92 Å². The summed E-state index contributed by atoms with van der Waals surface area (Å²) in [6.45, 7) is 4.29. The molecule has 27 heavy (non-hydrogen) atoms. The van der Waals surface area contributed by atoms with Gasteiger partial charge in [0.05, 0.1) is 5.69 Å². The summed E-state index contributed by atoms with van der Waals surface area (Å²) in [6.07, 6.45) is 2.53. The molecule has 0 aromatic heterocycles. The zero-order chi connectivity index (χ0) is 19.6. The Morgan fingerprint density at radius 3 is 2.44 bits per heavy atom. The van der Waals surface area contributed by atoms with Gasteiger partial charge in [-0.1, -0.05) is 43.7 Å². The van der Waals surface area contributed by atoms with Crippen molar-refractivity contribution in [2.75, 3.05) is 6.54 Å². The van der Waals surface area contributed by atoms with Crippen LogP contribution < -0.4 is 5.32 Å². The lowest BCUT2D eigenvalue weighted by atomic mass is 10.1. The average molecular weight is 366 g/mol. The number of para-hydroxylation sites is 1. The third-order valence-electron chi connectivity index (χ3n) is 4.22. The Hall–Kier alpha value is -2.95. The van der Waals surface area contributed by atoms with Gasteiger partial charge in [-0.25, -0.2) is 4.99 Å². The van der Waals surface area contributed by atoms with Gasteiger partial charge in [0.1, 0.15) is 5.75 Å². The Labute approximate surface area is 160 Å². The van der Waals surface area contributed by atoms with Crippen molar-refractivity contribution in [2.24, 2.45) is 4.99 Å². The maximum Gasteiger partial charge on any atom is 0.273 e. The molecule has 0 saturated carbocycles. The number of Topliss-reactive ketones (excluding diaryl/α,β-unsaturated/α-hetero) is 1. The molecule has 0 aliphatic carbocycles. The van der Waals surface area contributed by atoms with Crippen molar-refractivity contribution < 1.29 is 14.7 Å². The van der Waals surface area contributed by atoms with Gasteiger partial charge in [0.2, 0.25) is 0 Å². The van der Waals surface area contributed by atoms with Crippen molar-refractivity contribution >= 4 is 23.1 Å². The number of aliphatic imine (C=N–C) groups is 1. The van der Waals surface area contributed by atoms with Crippen molar-refractivity contribution in [1.29, 1.82) is 0 Å². The summed E-state index contributed by atoms with van der Waals surface area (Å²) < 4.78 is 0. The van der Waals surface area contributed by atoms with Crippen LogP contribution >= 0.6 is 0 Å². The number of benzene rings is 2. The van der Waals surface area contributed by atoms with Crippen LogP contribution in [0.1, 0.15) is 37.3 Å². The highest BCUT2D eigenvalue weighted by Crippen LogP contribution is 2.18. The van der Waals surface area contributed by atoms with Crippen molar-refractivity contribution in [2.45, 2.75) is 39.5 Å². The van der Waals surface area contributed by atoms with E-state index in [9.17, 15) is 14.7 Å². The SMILES string of the molecule is CCCCC(=O)C(=Nc1ccccc1C)C(=O)NCCc1ccc(O)cc1. The van der Waals surface area contributed by atoms with Gasteiger partial charge < -0.3 is 10.4 Å². The molecule has 0 atom stereocenters. The maximum atomic E-state index is 12.6. The molecule has 0 unspecified atom stereocenters.